The Morgan fingerprint density at radius 3 is 2.70 bits per heavy atom. The van der Waals surface area contributed by atoms with Gasteiger partial charge in [0.15, 0.2) is 5.13 Å². The van der Waals surface area contributed by atoms with E-state index >= 15 is 0 Å². The molecule has 2 aliphatic rings. The fourth-order valence-corrected chi connectivity index (χ4v) is 6.36. The molecule has 40 heavy (non-hydrogen) atoms. The van der Waals surface area contributed by atoms with Crippen LogP contribution in [0.1, 0.15) is 57.2 Å². The molecule has 3 aromatic heterocycles. The van der Waals surface area contributed by atoms with Crippen molar-refractivity contribution in [1.29, 1.82) is 0 Å². The molecule has 0 unspecified atom stereocenters. The van der Waals surface area contributed by atoms with E-state index in [-0.39, 0.29) is 29.6 Å². The summed E-state index contributed by atoms with van der Waals surface area (Å²) in [6, 6.07) is 1.48. The number of nitrogens with zero attached hydrogens (tertiary/aromatic N) is 5. The van der Waals surface area contributed by atoms with Gasteiger partial charge in [-0.25, -0.2) is 14.8 Å². The average molecular weight is 584 g/mol. The number of anilines is 2. The van der Waals surface area contributed by atoms with Crippen molar-refractivity contribution in [2.24, 2.45) is 5.92 Å². The third kappa shape index (κ3) is 6.88. The molecule has 3 aromatic rings. The van der Waals surface area contributed by atoms with Gasteiger partial charge in [0.05, 0.1) is 34.2 Å². The highest BCUT2D eigenvalue weighted by Gasteiger charge is 2.29. The summed E-state index contributed by atoms with van der Waals surface area (Å²) < 4.78 is 6.84. The number of carbonyl (C=O) groups is 3. The molecule has 5 rings (SSSR count). The quantitative estimate of drug-likeness (QED) is 0.370. The molecule has 2 aliphatic heterocycles. The van der Waals surface area contributed by atoms with Crippen LogP contribution in [-0.2, 0) is 27.3 Å². The molecule has 5 heterocycles. The van der Waals surface area contributed by atoms with E-state index in [4.69, 9.17) is 4.42 Å². The summed E-state index contributed by atoms with van der Waals surface area (Å²) in [6.07, 6.45) is 8.66. The molecule has 4 amide bonds. The Morgan fingerprint density at radius 2 is 1.98 bits per heavy atom. The van der Waals surface area contributed by atoms with E-state index < -0.39 is 6.03 Å². The van der Waals surface area contributed by atoms with E-state index in [1.807, 2.05) is 6.07 Å². The second-order valence-corrected chi connectivity index (χ2v) is 13.2. The number of thioether (sulfide) groups is 1. The molecule has 0 aliphatic carbocycles. The lowest BCUT2D eigenvalue weighted by atomic mass is 9.94. The molecular formula is C27H33N7O4S2. The van der Waals surface area contributed by atoms with Crippen molar-refractivity contribution in [2.75, 3.05) is 29.9 Å². The van der Waals surface area contributed by atoms with E-state index in [0.29, 0.717) is 35.6 Å². The lowest BCUT2D eigenvalue weighted by molar-refractivity contribution is -0.121. The Labute approximate surface area is 241 Å². The molecule has 0 atom stereocenters. The van der Waals surface area contributed by atoms with Gasteiger partial charge in [-0.2, -0.15) is 0 Å². The van der Waals surface area contributed by atoms with Crippen LogP contribution in [0.15, 0.2) is 39.5 Å². The van der Waals surface area contributed by atoms with Gasteiger partial charge >= 0.3 is 6.03 Å². The number of hydrogen-bond acceptors (Lipinski definition) is 10. The summed E-state index contributed by atoms with van der Waals surface area (Å²) in [5, 5.41) is 5.95. The Bertz CT molecular complexity index is 1370. The summed E-state index contributed by atoms with van der Waals surface area (Å²) in [6.45, 7) is 8.76. The number of thiazole rings is 1. The van der Waals surface area contributed by atoms with Gasteiger partial charge in [-0.05, 0) is 37.6 Å². The summed E-state index contributed by atoms with van der Waals surface area (Å²) in [5.41, 5.74) is 1.60. The van der Waals surface area contributed by atoms with Gasteiger partial charge in [0.2, 0.25) is 17.7 Å². The molecule has 2 N–H and O–H groups in total. The number of imide groups is 1. The fourth-order valence-electron chi connectivity index (χ4n) is 4.63. The molecule has 212 valence electrons. The minimum Gasteiger partial charge on any atom is -0.444 e. The summed E-state index contributed by atoms with van der Waals surface area (Å²) in [4.78, 5) is 53.6. The lowest BCUT2D eigenvalue weighted by Crippen LogP contribution is -2.50. The number of nitrogens with one attached hydrogen (secondary N) is 2. The van der Waals surface area contributed by atoms with E-state index in [1.165, 1.54) is 11.3 Å². The Balaban J connectivity index is 1.09. The van der Waals surface area contributed by atoms with Crippen LogP contribution in [0.25, 0.3) is 0 Å². The first-order chi connectivity index (χ1) is 19.2. The van der Waals surface area contributed by atoms with Gasteiger partial charge in [0, 0.05) is 37.0 Å². The second kappa shape index (κ2) is 12.1. The normalized spacial score (nSPS) is 17.2. The average Bonchev–Trinajstić information content (AvgIpc) is 3.58. The van der Waals surface area contributed by atoms with Crippen molar-refractivity contribution in [3.05, 3.63) is 48.1 Å². The maximum Gasteiger partial charge on any atom is 0.328 e. The van der Waals surface area contributed by atoms with Gasteiger partial charge < -0.3 is 9.73 Å². The molecule has 0 saturated carbocycles. The third-order valence-electron chi connectivity index (χ3n) is 6.93. The first kappa shape index (κ1) is 28.2. The van der Waals surface area contributed by atoms with Crippen LogP contribution in [0.2, 0.25) is 0 Å². The molecule has 11 nitrogen and oxygen atoms in total. The van der Waals surface area contributed by atoms with Gasteiger partial charge in [-0.15, -0.1) is 11.8 Å². The van der Waals surface area contributed by atoms with Crippen LogP contribution >= 0.6 is 23.1 Å². The maximum atomic E-state index is 13.0. The molecule has 0 radical (unpaired) electrons. The van der Waals surface area contributed by atoms with Crippen LogP contribution in [-0.4, -0.2) is 57.3 Å². The first-order valence-corrected chi connectivity index (χ1v) is 15.1. The standard InChI is InChI=1S/C27H33N7O4S2/c1-27(2,3)20-13-29-22(38-20)16-39-23-14-30-25(40-23)32-24(36)17-5-9-33(10-6-17)15-18-4-8-28-12-19(18)34-11-7-21(35)31-26(34)37/h4,8,12-14,17H,5-7,9-11,15-16H2,1-3H3,(H,30,32,36)(H,31,35,37). The van der Waals surface area contributed by atoms with Crippen LogP contribution in [0.4, 0.5) is 15.6 Å². The number of aromatic nitrogens is 3. The van der Waals surface area contributed by atoms with Crippen molar-refractivity contribution in [1.82, 2.24) is 25.2 Å². The van der Waals surface area contributed by atoms with Crippen molar-refractivity contribution >= 4 is 51.8 Å². The zero-order valence-electron chi connectivity index (χ0n) is 22.8. The van der Waals surface area contributed by atoms with Crippen LogP contribution in [0, 0.1) is 5.92 Å². The maximum absolute atomic E-state index is 13.0. The molecule has 0 spiro atoms. The minimum absolute atomic E-state index is 0.00711. The number of hydrogen-bond donors (Lipinski definition) is 2. The highest BCUT2D eigenvalue weighted by Crippen LogP contribution is 2.32. The Kier molecular flexibility index (Phi) is 8.52. The minimum atomic E-state index is -0.420. The first-order valence-electron chi connectivity index (χ1n) is 13.3. The highest BCUT2D eigenvalue weighted by molar-refractivity contribution is 8.00. The number of pyridine rings is 1. The molecule has 0 bridgehead atoms. The van der Waals surface area contributed by atoms with E-state index in [0.717, 1.165) is 41.5 Å². The largest absolute Gasteiger partial charge is 0.444 e. The van der Waals surface area contributed by atoms with Crippen LogP contribution < -0.4 is 15.5 Å². The van der Waals surface area contributed by atoms with Gasteiger partial charge in [0.25, 0.3) is 0 Å². The SMILES string of the molecule is CC(C)(C)c1cnc(CSc2cnc(NC(=O)C3CCN(Cc4ccncc4N4CCC(=O)NC4=O)CC3)s2)o1. The summed E-state index contributed by atoms with van der Waals surface area (Å²) >= 11 is 3.04. The van der Waals surface area contributed by atoms with Crippen LogP contribution in [0.3, 0.4) is 0 Å². The highest BCUT2D eigenvalue weighted by atomic mass is 32.2. The zero-order chi connectivity index (χ0) is 28.3. The van der Waals surface area contributed by atoms with Gasteiger partial charge in [-0.1, -0.05) is 32.1 Å². The van der Waals surface area contributed by atoms with E-state index in [1.54, 1.807) is 41.4 Å². The molecule has 2 saturated heterocycles. The van der Waals surface area contributed by atoms with Crippen molar-refractivity contribution in [2.45, 2.75) is 62.0 Å². The number of piperidine rings is 1. The third-order valence-corrected chi connectivity index (χ3v) is 9.02. The van der Waals surface area contributed by atoms with Crippen molar-refractivity contribution in [3.8, 4) is 0 Å². The zero-order valence-corrected chi connectivity index (χ0v) is 24.4. The summed E-state index contributed by atoms with van der Waals surface area (Å²) in [5.74, 6) is 1.78. The molecule has 13 heteroatoms. The molecular weight excluding hydrogens is 550 g/mol. The monoisotopic (exact) mass is 583 g/mol. The second-order valence-electron chi connectivity index (χ2n) is 10.9. The van der Waals surface area contributed by atoms with Gasteiger partial charge in [0.1, 0.15) is 5.76 Å². The van der Waals surface area contributed by atoms with Gasteiger partial charge in [-0.3, -0.25) is 29.7 Å². The lowest BCUT2D eigenvalue weighted by Gasteiger charge is -2.33. The smallest absolute Gasteiger partial charge is 0.328 e. The number of amides is 4. The Morgan fingerprint density at radius 1 is 1.18 bits per heavy atom. The number of carbonyl (C=O) groups excluding carboxylic acids is 3. The Hall–Kier alpha value is -3.29. The number of rotatable bonds is 8. The topological polar surface area (TPSA) is 134 Å². The van der Waals surface area contributed by atoms with E-state index in [9.17, 15) is 14.4 Å². The fraction of sp³-hybridized carbons (Fsp3) is 0.481. The molecule has 0 aromatic carbocycles. The number of urea groups is 1. The number of likely N-dealkylation sites (tertiary alicyclic amines) is 1. The van der Waals surface area contributed by atoms with Crippen LogP contribution in [0.5, 0.6) is 0 Å². The predicted molar refractivity (Wildman–Crippen MR) is 153 cm³/mol. The van der Waals surface area contributed by atoms with Crippen molar-refractivity contribution < 1.29 is 18.8 Å². The molecule has 2 fully saturated rings. The summed E-state index contributed by atoms with van der Waals surface area (Å²) in [7, 11) is 0. The van der Waals surface area contributed by atoms with E-state index in [2.05, 4.69) is 51.3 Å². The van der Waals surface area contributed by atoms with Crippen molar-refractivity contribution in [3.63, 3.8) is 0 Å². The number of oxazole rings is 1. The predicted octanol–water partition coefficient (Wildman–Crippen LogP) is 4.41.